The summed E-state index contributed by atoms with van der Waals surface area (Å²) in [7, 11) is -1.58. The molecule has 0 radical (unpaired) electrons. The molecular formula is C17H22OSi. The van der Waals surface area contributed by atoms with Gasteiger partial charge in [-0.3, -0.25) is 0 Å². The highest BCUT2D eigenvalue weighted by Gasteiger charge is 2.22. The van der Waals surface area contributed by atoms with Crippen LogP contribution in [0.3, 0.4) is 0 Å². The van der Waals surface area contributed by atoms with Gasteiger partial charge in [0.2, 0.25) is 0 Å². The lowest BCUT2D eigenvalue weighted by atomic mass is 9.99. The van der Waals surface area contributed by atoms with Crippen LogP contribution < -0.4 is 0 Å². The quantitative estimate of drug-likeness (QED) is 0.528. The molecule has 1 nitrogen and oxygen atoms in total. The lowest BCUT2D eigenvalue weighted by Crippen LogP contribution is -2.28. The molecule has 0 saturated carbocycles. The van der Waals surface area contributed by atoms with E-state index in [0.29, 0.717) is 0 Å². The Morgan fingerprint density at radius 1 is 1.11 bits per heavy atom. The van der Waals surface area contributed by atoms with E-state index in [2.05, 4.69) is 68.7 Å². The normalized spacial score (nSPS) is 13.4. The Bertz CT molecular complexity index is 563. The fraction of sp³-hybridized carbons (Fsp3) is 0.294. The zero-order valence-corrected chi connectivity index (χ0v) is 13.0. The van der Waals surface area contributed by atoms with Crippen molar-refractivity contribution in [2.75, 3.05) is 0 Å². The first-order chi connectivity index (χ1) is 9.01. The van der Waals surface area contributed by atoms with E-state index in [1.165, 1.54) is 16.3 Å². The number of benzene rings is 2. The van der Waals surface area contributed by atoms with Gasteiger partial charge in [-0.25, -0.2) is 0 Å². The van der Waals surface area contributed by atoms with Crippen LogP contribution in [-0.4, -0.2) is 8.32 Å². The summed E-state index contributed by atoms with van der Waals surface area (Å²) in [6, 6.07) is 14.9. The summed E-state index contributed by atoms with van der Waals surface area (Å²) in [5, 5.41) is 2.56. The van der Waals surface area contributed by atoms with Crippen molar-refractivity contribution in [3.8, 4) is 0 Å². The maximum Gasteiger partial charge on any atom is 0.184 e. The van der Waals surface area contributed by atoms with Crippen molar-refractivity contribution in [3.63, 3.8) is 0 Å². The second-order valence-corrected chi connectivity index (χ2v) is 10.3. The molecule has 2 heteroatoms. The Morgan fingerprint density at radius 2 is 1.79 bits per heavy atom. The third-order valence-electron chi connectivity index (χ3n) is 3.05. The SMILES string of the molecule is C=CCC(O[Si](C)(C)C)c1cccc2ccccc12. The third kappa shape index (κ3) is 3.55. The van der Waals surface area contributed by atoms with Crippen LogP contribution in [-0.2, 0) is 4.43 Å². The number of hydrogen-bond acceptors (Lipinski definition) is 1. The highest BCUT2D eigenvalue weighted by Crippen LogP contribution is 2.31. The van der Waals surface area contributed by atoms with Crippen molar-refractivity contribution in [1.29, 1.82) is 0 Å². The molecule has 1 unspecified atom stereocenters. The molecule has 1 atom stereocenters. The van der Waals surface area contributed by atoms with Gasteiger partial charge in [0.15, 0.2) is 8.32 Å². The van der Waals surface area contributed by atoms with E-state index in [0.717, 1.165) is 6.42 Å². The number of fused-ring (bicyclic) bond motifs is 1. The molecule has 100 valence electrons. The van der Waals surface area contributed by atoms with Crippen LogP contribution in [0.4, 0.5) is 0 Å². The summed E-state index contributed by atoms with van der Waals surface area (Å²) in [6.07, 6.45) is 2.93. The van der Waals surface area contributed by atoms with Gasteiger partial charge in [-0.05, 0) is 42.4 Å². The maximum atomic E-state index is 6.34. The molecule has 0 aromatic heterocycles. The maximum absolute atomic E-state index is 6.34. The molecule has 0 aliphatic rings. The largest absolute Gasteiger partial charge is 0.410 e. The average molecular weight is 270 g/mol. The van der Waals surface area contributed by atoms with Crippen LogP contribution in [0.2, 0.25) is 19.6 Å². The van der Waals surface area contributed by atoms with Crippen molar-refractivity contribution in [2.45, 2.75) is 32.2 Å². The summed E-state index contributed by atoms with van der Waals surface area (Å²) >= 11 is 0. The molecule has 19 heavy (non-hydrogen) atoms. The van der Waals surface area contributed by atoms with Gasteiger partial charge in [0.1, 0.15) is 0 Å². The molecule has 0 amide bonds. The van der Waals surface area contributed by atoms with E-state index in [1.54, 1.807) is 0 Å². The Morgan fingerprint density at radius 3 is 2.47 bits per heavy atom. The van der Waals surface area contributed by atoms with E-state index in [9.17, 15) is 0 Å². The predicted octanol–water partition coefficient (Wildman–Crippen LogP) is 5.31. The molecule has 0 spiro atoms. The third-order valence-corrected chi connectivity index (χ3v) is 4.04. The molecule has 2 aromatic carbocycles. The first kappa shape index (κ1) is 14.0. The Labute approximate surface area is 117 Å². The lowest BCUT2D eigenvalue weighted by Gasteiger charge is -2.27. The molecule has 0 heterocycles. The van der Waals surface area contributed by atoms with Crippen molar-refractivity contribution >= 4 is 19.1 Å². The zero-order valence-electron chi connectivity index (χ0n) is 12.0. The van der Waals surface area contributed by atoms with Crippen LogP contribution in [0.1, 0.15) is 18.1 Å². The minimum absolute atomic E-state index is 0.121. The predicted molar refractivity (Wildman–Crippen MR) is 85.9 cm³/mol. The molecule has 0 aliphatic heterocycles. The van der Waals surface area contributed by atoms with Gasteiger partial charge in [-0.15, -0.1) is 6.58 Å². The summed E-state index contributed by atoms with van der Waals surface area (Å²) in [5.74, 6) is 0. The zero-order chi connectivity index (χ0) is 13.9. The van der Waals surface area contributed by atoms with E-state index in [4.69, 9.17) is 4.43 Å². The van der Waals surface area contributed by atoms with Crippen molar-refractivity contribution < 1.29 is 4.43 Å². The first-order valence-corrected chi connectivity index (χ1v) is 10.2. The van der Waals surface area contributed by atoms with E-state index >= 15 is 0 Å². The fourth-order valence-corrected chi connectivity index (χ4v) is 3.42. The topological polar surface area (TPSA) is 9.23 Å². The van der Waals surface area contributed by atoms with Crippen LogP contribution in [0, 0.1) is 0 Å². The van der Waals surface area contributed by atoms with Gasteiger partial charge in [0.25, 0.3) is 0 Å². The molecule has 2 rings (SSSR count). The molecule has 0 aliphatic carbocycles. The second kappa shape index (κ2) is 5.72. The summed E-state index contributed by atoms with van der Waals surface area (Å²) in [4.78, 5) is 0. The van der Waals surface area contributed by atoms with Gasteiger partial charge in [0.05, 0.1) is 6.10 Å². The lowest BCUT2D eigenvalue weighted by molar-refractivity contribution is 0.203. The molecule has 0 N–H and O–H groups in total. The minimum atomic E-state index is -1.58. The van der Waals surface area contributed by atoms with Gasteiger partial charge >= 0.3 is 0 Å². The Kier molecular flexibility index (Phi) is 4.23. The van der Waals surface area contributed by atoms with Gasteiger partial charge < -0.3 is 4.43 Å². The average Bonchev–Trinajstić information content (AvgIpc) is 2.36. The highest BCUT2D eigenvalue weighted by atomic mass is 28.4. The van der Waals surface area contributed by atoms with E-state index in [1.807, 2.05) is 6.08 Å². The van der Waals surface area contributed by atoms with Crippen molar-refractivity contribution in [2.24, 2.45) is 0 Å². The summed E-state index contributed by atoms with van der Waals surface area (Å²) < 4.78 is 6.34. The summed E-state index contributed by atoms with van der Waals surface area (Å²) in [5.41, 5.74) is 1.28. The standard InChI is InChI=1S/C17H22OSi/c1-5-9-17(18-19(2,3)4)16-13-8-11-14-10-6-7-12-15(14)16/h5-8,10-13,17H,1,9H2,2-4H3. The van der Waals surface area contributed by atoms with E-state index in [-0.39, 0.29) is 6.10 Å². The fourth-order valence-electron chi connectivity index (χ4n) is 2.35. The number of hydrogen-bond donors (Lipinski definition) is 0. The van der Waals surface area contributed by atoms with Gasteiger partial charge in [-0.1, -0.05) is 48.5 Å². The Balaban J connectivity index is 2.46. The molecule has 0 fully saturated rings. The monoisotopic (exact) mass is 270 g/mol. The molecule has 2 aromatic rings. The molecule has 0 saturated heterocycles. The van der Waals surface area contributed by atoms with Gasteiger partial charge in [0, 0.05) is 0 Å². The van der Waals surface area contributed by atoms with Crippen LogP contribution in [0.15, 0.2) is 55.1 Å². The summed E-state index contributed by atoms with van der Waals surface area (Å²) in [6.45, 7) is 10.6. The highest BCUT2D eigenvalue weighted by molar-refractivity contribution is 6.69. The van der Waals surface area contributed by atoms with E-state index < -0.39 is 8.32 Å². The smallest absolute Gasteiger partial charge is 0.184 e. The van der Waals surface area contributed by atoms with Crippen LogP contribution in [0.5, 0.6) is 0 Å². The molecular weight excluding hydrogens is 248 g/mol. The van der Waals surface area contributed by atoms with Crippen LogP contribution in [0.25, 0.3) is 10.8 Å². The molecule has 0 bridgehead atoms. The number of rotatable bonds is 5. The second-order valence-electron chi connectivity index (χ2n) is 5.81. The van der Waals surface area contributed by atoms with Crippen molar-refractivity contribution in [1.82, 2.24) is 0 Å². The van der Waals surface area contributed by atoms with Crippen molar-refractivity contribution in [3.05, 3.63) is 60.7 Å². The van der Waals surface area contributed by atoms with Gasteiger partial charge in [-0.2, -0.15) is 0 Å². The minimum Gasteiger partial charge on any atom is -0.410 e. The first-order valence-electron chi connectivity index (χ1n) is 6.77. The van der Waals surface area contributed by atoms with Crippen LogP contribution >= 0.6 is 0 Å². The Hall–Kier alpha value is -1.38.